The highest BCUT2D eigenvalue weighted by Crippen LogP contribution is 2.24. The summed E-state index contributed by atoms with van der Waals surface area (Å²) < 4.78 is 0. The fourth-order valence-electron chi connectivity index (χ4n) is 1.54. The van der Waals surface area contributed by atoms with Crippen molar-refractivity contribution in [1.29, 1.82) is 0 Å². The van der Waals surface area contributed by atoms with Crippen LogP contribution in [0.1, 0.15) is 51.4 Å². The summed E-state index contributed by atoms with van der Waals surface area (Å²) >= 11 is 0. The number of nitrogens with one attached hydrogen (secondary N) is 2. The standard InChI is InChI=1S/C16H27N3O/c1-6-9-17-14-8-7-13(11-18-14)15(20)19-10-12(2)16(3,4)5/h7-8,11-12H,6,9-10H2,1-5H3,(H,17,18)(H,19,20). The molecule has 112 valence electrons. The Labute approximate surface area is 122 Å². The molecule has 0 spiro atoms. The molecule has 0 aliphatic rings. The molecule has 0 aliphatic heterocycles. The van der Waals surface area contributed by atoms with Gasteiger partial charge in [0, 0.05) is 19.3 Å². The Morgan fingerprint density at radius 3 is 2.55 bits per heavy atom. The van der Waals surface area contributed by atoms with E-state index in [0.717, 1.165) is 18.8 Å². The Bertz CT molecular complexity index is 420. The number of hydrogen-bond acceptors (Lipinski definition) is 3. The molecule has 1 heterocycles. The van der Waals surface area contributed by atoms with Gasteiger partial charge >= 0.3 is 0 Å². The van der Waals surface area contributed by atoms with Gasteiger partial charge in [0.25, 0.3) is 5.91 Å². The van der Waals surface area contributed by atoms with Crippen LogP contribution in [-0.2, 0) is 0 Å². The average molecular weight is 277 g/mol. The zero-order valence-corrected chi connectivity index (χ0v) is 13.3. The van der Waals surface area contributed by atoms with Crippen LogP contribution in [0.5, 0.6) is 0 Å². The first-order valence-electron chi connectivity index (χ1n) is 7.32. The maximum atomic E-state index is 12.0. The first-order chi connectivity index (χ1) is 9.34. The molecule has 2 N–H and O–H groups in total. The van der Waals surface area contributed by atoms with E-state index in [4.69, 9.17) is 0 Å². The average Bonchev–Trinajstić information content (AvgIpc) is 2.41. The number of anilines is 1. The molecule has 0 aliphatic carbocycles. The summed E-state index contributed by atoms with van der Waals surface area (Å²) in [6.07, 6.45) is 2.67. The van der Waals surface area contributed by atoms with Gasteiger partial charge in [-0.1, -0.05) is 34.6 Å². The van der Waals surface area contributed by atoms with E-state index in [0.29, 0.717) is 18.0 Å². The molecule has 20 heavy (non-hydrogen) atoms. The van der Waals surface area contributed by atoms with Crippen molar-refractivity contribution >= 4 is 11.7 Å². The molecule has 4 heteroatoms. The fourth-order valence-corrected chi connectivity index (χ4v) is 1.54. The molecular formula is C16H27N3O. The molecule has 4 nitrogen and oxygen atoms in total. The van der Waals surface area contributed by atoms with E-state index in [1.165, 1.54) is 0 Å². The summed E-state index contributed by atoms with van der Waals surface area (Å²) in [7, 11) is 0. The van der Waals surface area contributed by atoms with Crippen LogP contribution in [0.4, 0.5) is 5.82 Å². The fraction of sp³-hybridized carbons (Fsp3) is 0.625. The van der Waals surface area contributed by atoms with E-state index in [-0.39, 0.29) is 11.3 Å². The summed E-state index contributed by atoms with van der Waals surface area (Å²) in [5.41, 5.74) is 0.799. The number of carbonyl (C=O) groups is 1. The van der Waals surface area contributed by atoms with E-state index in [1.54, 1.807) is 6.20 Å². The van der Waals surface area contributed by atoms with Gasteiger partial charge in [0.2, 0.25) is 0 Å². The van der Waals surface area contributed by atoms with Gasteiger partial charge in [-0.05, 0) is 29.9 Å². The summed E-state index contributed by atoms with van der Waals surface area (Å²) in [5.74, 6) is 1.17. The Hall–Kier alpha value is -1.58. The number of hydrogen-bond donors (Lipinski definition) is 2. The highest BCUT2D eigenvalue weighted by molar-refractivity contribution is 5.94. The van der Waals surface area contributed by atoms with Crippen LogP contribution in [-0.4, -0.2) is 24.0 Å². The molecule has 1 amide bonds. The van der Waals surface area contributed by atoms with Gasteiger partial charge in [0.05, 0.1) is 5.56 Å². The minimum Gasteiger partial charge on any atom is -0.370 e. The number of nitrogens with zero attached hydrogens (tertiary/aromatic N) is 1. The van der Waals surface area contributed by atoms with Crippen LogP contribution in [0, 0.1) is 11.3 Å². The van der Waals surface area contributed by atoms with Crippen molar-refractivity contribution in [3.8, 4) is 0 Å². The number of carbonyl (C=O) groups excluding carboxylic acids is 1. The van der Waals surface area contributed by atoms with Crippen molar-refractivity contribution in [2.75, 3.05) is 18.4 Å². The second-order valence-electron chi connectivity index (χ2n) is 6.34. The Kier molecular flexibility index (Phi) is 5.99. The second kappa shape index (κ2) is 7.27. The first-order valence-corrected chi connectivity index (χ1v) is 7.32. The van der Waals surface area contributed by atoms with E-state index in [1.807, 2.05) is 12.1 Å². The maximum Gasteiger partial charge on any atom is 0.252 e. The number of rotatable bonds is 6. The highest BCUT2D eigenvalue weighted by Gasteiger charge is 2.20. The molecule has 0 saturated heterocycles. The van der Waals surface area contributed by atoms with Gasteiger partial charge in [0.1, 0.15) is 5.82 Å². The van der Waals surface area contributed by atoms with Crippen LogP contribution >= 0.6 is 0 Å². The third-order valence-electron chi connectivity index (χ3n) is 3.63. The third-order valence-corrected chi connectivity index (χ3v) is 3.63. The molecule has 0 aromatic carbocycles. The zero-order valence-electron chi connectivity index (χ0n) is 13.3. The lowest BCUT2D eigenvalue weighted by Gasteiger charge is -2.27. The predicted molar refractivity (Wildman–Crippen MR) is 84.0 cm³/mol. The van der Waals surface area contributed by atoms with Gasteiger partial charge in [-0.25, -0.2) is 4.98 Å². The molecule has 0 fully saturated rings. The molecule has 1 rings (SSSR count). The SMILES string of the molecule is CCCNc1ccc(C(=O)NCC(C)C(C)(C)C)cn1. The molecular weight excluding hydrogens is 250 g/mol. The van der Waals surface area contributed by atoms with Crippen molar-refractivity contribution < 1.29 is 4.79 Å². The quantitative estimate of drug-likeness (QED) is 0.838. The molecule has 1 aromatic rings. The van der Waals surface area contributed by atoms with E-state index in [2.05, 4.69) is 50.2 Å². The smallest absolute Gasteiger partial charge is 0.252 e. The molecule has 1 unspecified atom stereocenters. The largest absolute Gasteiger partial charge is 0.370 e. The zero-order chi connectivity index (χ0) is 15.2. The second-order valence-corrected chi connectivity index (χ2v) is 6.34. The first kappa shape index (κ1) is 16.5. The summed E-state index contributed by atoms with van der Waals surface area (Å²) in [5, 5.41) is 6.16. The molecule has 0 bridgehead atoms. The minimum absolute atomic E-state index is 0.0596. The van der Waals surface area contributed by atoms with Crippen molar-refractivity contribution in [2.45, 2.75) is 41.0 Å². The Balaban J connectivity index is 2.51. The normalized spacial score (nSPS) is 12.8. The van der Waals surface area contributed by atoms with Crippen molar-refractivity contribution in [1.82, 2.24) is 10.3 Å². The summed E-state index contributed by atoms with van der Waals surface area (Å²) in [6.45, 7) is 12.4. The molecule has 0 saturated carbocycles. The molecule has 0 radical (unpaired) electrons. The topological polar surface area (TPSA) is 54.0 Å². The highest BCUT2D eigenvalue weighted by atomic mass is 16.1. The van der Waals surface area contributed by atoms with Gasteiger partial charge in [-0.3, -0.25) is 4.79 Å². The lowest BCUT2D eigenvalue weighted by molar-refractivity contribution is 0.0936. The predicted octanol–water partition coefficient (Wildman–Crippen LogP) is 3.32. The molecule has 1 aromatic heterocycles. The summed E-state index contributed by atoms with van der Waals surface area (Å²) in [4.78, 5) is 16.3. The van der Waals surface area contributed by atoms with Crippen molar-refractivity contribution in [3.63, 3.8) is 0 Å². The third kappa shape index (κ3) is 5.19. The van der Waals surface area contributed by atoms with Gasteiger partial charge in [-0.15, -0.1) is 0 Å². The van der Waals surface area contributed by atoms with Crippen LogP contribution in [0.3, 0.4) is 0 Å². The van der Waals surface area contributed by atoms with Gasteiger partial charge < -0.3 is 10.6 Å². The lowest BCUT2D eigenvalue weighted by atomic mass is 9.82. The molecule has 1 atom stereocenters. The Morgan fingerprint density at radius 1 is 1.35 bits per heavy atom. The maximum absolute atomic E-state index is 12.0. The number of pyridine rings is 1. The van der Waals surface area contributed by atoms with Crippen molar-refractivity contribution in [2.24, 2.45) is 11.3 Å². The van der Waals surface area contributed by atoms with Crippen molar-refractivity contribution in [3.05, 3.63) is 23.9 Å². The monoisotopic (exact) mass is 277 g/mol. The number of aromatic nitrogens is 1. The van der Waals surface area contributed by atoms with E-state index < -0.39 is 0 Å². The number of amides is 1. The van der Waals surface area contributed by atoms with E-state index >= 15 is 0 Å². The lowest BCUT2D eigenvalue weighted by Crippen LogP contribution is -2.33. The van der Waals surface area contributed by atoms with Crippen LogP contribution in [0.15, 0.2) is 18.3 Å². The Morgan fingerprint density at radius 2 is 2.05 bits per heavy atom. The van der Waals surface area contributed by atoms with Crippen LogP contribution < -0.4 is 10.6 Å². The van der Waals surface area contributed by atoms with Gasteiger partial charge in [-0.2, -0.15) is 0 Å². The minimum atomic E-state index is -0.0596. The van der Waals surface area contributed by atoms with E-state index in [9.17, 15) is 4.79 Å². The summed E-state index contributed by atoms with van der Waals surface area (Å²) in [6, 6.07) is 3.65. The van der Waals surface area contributed by atoms with Crippen LogP contribution in [0.2, 0.25) is 0 Å². The van der Waals surface area contributed by atoms with Gasteiger partial charge in [0.15, 0.2) is 0 Å². The van der Waals surface area contributed by atoms with Crippen LogP contribution in [0.25, 0.3) is 0 Å².